The van der Waals surface area contributed by atoms with Crippen LogP contribution in [0.25, 0.3) is 11.0 Å². The molecular formula is C21H23ClF3N3O. The number of hydrogen-bond acceptors (Lipinski definition) is 3. The topological polar surface area (TPSA) is 30.3 Å². The van der Waals surface area contributed by atoms with E-state index in [-0.39, 0.29) is 6.61 Å². The molecule has 0 N–H and O–H groups in total. The lowest BCUT2D eigenvalue weighted by Crippen LogP contribution is -2.27. The third-order valence-electron chi connectivity index (χ3n) is 4.88. The van der Waals surface area contributed by atoms with Crippen LogP contribution < -0.4 is 4.74 Å². The summed E-state index contributed by atoms with van der Waals surface area (Å²) in [4.78, 5) is 6.68. The quantitative estimate of drug-likeness (QED) is 0.468. The maximum atomic E-state index is 13.1. The molecule has 0 aliphatic carbocycles. The summed E-state index contributed by atoms with van der Waals surface area (Å²) in [6, 6.07) is 10.7. The van der Waals surface area contributed by atoms with E-state index in [4.69, 9.17) is 16.3 Å². The third-order valence-corrected chi connectivity index (χ3v) is 5.19. The van der Waals surface area contributed by atoms with Crippen LogP contribution in [0.1, 0.15) is 25.2 Å². The summed E-state index contributed by atoms with van der Waals surface area (Å²) >= 11 is 6.14. The Kier molecular flexibility index (Phi) is 6.70. The molecule has 0 aliphatic heterocycles. The number of fused-ring (bicyclic) bond motifs is 1. The van der Waals surface area contributed by atoms with E-state index in [9.17, 15) is 13.2 Å². The fourth-order valence-corrected chi connectivity index (χ4v) is 3.39. The molecule has 0 saturated carbocycles. The van der Waals surface area contributed by atoms with Gasteiger partial charge in [0.1, 0.15) is 18.2 Å². The third kappa shape index (κ3) is 5.03. The highest BCUT2D eigenvalue weighted by Gasteiger charge is 2.31. The first kappa shape index (κ1) is 21.5. The Morgan fingerprint density at radius 2 is 1.83 bits per heavy atom. The van der Waals surface area contributed by atoms with Crippen molar-refractivity contribution < 1.29 is 17.9 Å². The predicted octanol–water partition coefficient (Wildman–Crippen LogP) is 5.63. The van der Waals surface area contributed by atoms with Crippen LogP contribution in [-0.4, -0.2) is 34.1 Å². The van der Waals surface area contributed by atoms with Gasteiger partial charge in [-0.25, -0.2) is 4.98 Å². The summed E-state index contributed by atoms with van der Waals surface area (Å²) < 4.78 is 47.0. The number of imidazole rings is 1. The molecule has 3 rings (SSSR count). The zero-order valence-electron chi connectivity index (χ0n) is 16.3. The van der Waals surface area contributed by atoms with Crippen LogP contribution >= 0.6 is 11.6 Å². The Hall–Kier alpha value is -2.25. The number of hydrogen-bond donors (Lipinski definition) is 0. The number of ether oxygens (including phenoxy) is 1. The Bertz CT molecular complexity index is 967. The lowest BCUT2D eigenvalue weighted by atomic mass is 10.2. The Morgan fingerprint density at radius 3 is 2.48 bits per heavy atom. The van der Waals surface area contributed by atoms with Gasteiger partial charge in [-0.05, 0) is 43.4 Å². The van der Waals surface area contributed by atoms with Crippen molar-refractivity contribution in [2.75, 3.05) is 19.6 Å². The zero-order valence-corrected chi connectivity index (χ0v) is 17.1. The second kappa shape index (κ2) is 9.05. The van der Waals surface area contributed by atoms with E-state index in [0.29, 0.717) is 34.2 Å². The highest BCUT2D eigenvalue weighted by atomic mass is 35.5. The fraction of sp³-hybridized carbons (Fsp3) is 0.381. The van der Waals surface area contributed by atoms with Crippen molar-refractivity contribution >= 4 is 22.6 Å². The average Bonchev–Trinajstić information content (AvgIpc) is 3.04. The Balaban J connectivity index is 1.94. The molecule has 2 aromatic carbocycles. The van der Waals surface area contributed by atoms with Gasteiger partial charge in [0, 0.05) is 13.1 Å². The molecule has 3 aromatic rings. The summed E-state index contributed by atoms with van der Waals surface area (Å²) in [5.74, 6) is 1.07. The molecule has 0 radical (unpaired) electrons. The van der Waals surface area contributed by atoms with Crippen LogP contribution in [0.4, 0.5) is 13.2 Å². The molecule has 0 amide bonds. The summed E-state index contributed by atoms with van der Waals surface area (Å²) in [6.07, 6.45) is -4.41. The molecule has 0 atom stereocenters. The molecule has 8 heteroatoms. The van der Waals surface area contributed by atoms with Gasteiger partial charge in [0.2, 0.25) is 0 Å². The smallest absolute Gasteiger partial charge is 0.416 e. The van der Waals surface area contributed by atoms with E-state index in [0.717, 1.165) is 31.8 Å². The molecule has 156 valence electrons. The monoisotopic (exact) mass is 425 g/mol. The first-order valence-corrected chi connectivity index (χ1v) is 9.87. The minimum Gasteiger partial charge on any atom is -0.484 e. The van der Waals surface area contributed by atoms with Crippen molar-refractivity contribution in [2.45, 2.75) is 33.2 Å². The summed E-state index contributed by atoms with van der Waals surface area (Å²) in [7, 11) is 0. The van der Waals surface area contributed by atoms with E-state index in [2.05, 4.69) is 23.7 Å². The van der Waals surface area contributed by atoms with Gasteiger partial charge in [-0.2, -0.15) is 13.2 Å². The van der Waals surface area contributed by atoms with Crippen LogP contribution in [0.3, 0.4) is 0 Å². The molecule has 0 spiro atoms. The largest absolute Gasteiger partial charge is 0.484 e. The maximum Gasteiger partial charge on any atom is 0.416 e. The summed E-state index contributed by atoms with van der Waals surface area (Å²) in [5.41, 5.74) is 0.247. The number of aromatic nitrogens is 2. The molecule has 29 heavy (non-hydrogen) atoms. The second-order valence-electron chi connectivity index (χ2n) is 6.63. The lowest BCUT2D eigenvalue weighted by Gasteiger charge is -2.19. The van der Waals surface area contributed by atoms with Crippen LogP contribution in [0, 0.1) is 0 Å². The molecule has 1 heterocycles. The highest BCUT2D eigenvalue weighted by molar-refractivity contribution is 6.32. The predicted molar refractivity (Wildman–Crippen MR) is 108 cm³/mol. The SMILES string of the molecule is CCN(CC)CCn1c(COc2ccccc2Cl)nc2cc(C(F)(F)F)ccc21. The van der Waals surface area contributed by atoms with Gasteiger partial charge in [0.15, 0.2) is 0 Å². The highest BCUT2D eigenvalue weighted by Crippen LogP contribution is 2.32. The maximum absolute atomic E-state index is 13.1. The molecule has 0 bridgehead atoms. The number of alkyl halides is 3. The number of halogens is 4. The number of nitrogens with zero attached hydrogens (tertiary/aromatic N) is 3. The van der Waals surface area contributed by atoms with Gasteiger partial charge in [-0.1, -0.05) is 37.6 Å². The molecular weight excluding hydrogens is 403 g/mol. The number of para-hydroxylation sites is 1. The lowest BCUT2D eigenvalue weighted by molar-refractivity contribution is -0.137. The van der Waals surface area contributed by atoms with Gasteiger partial charge in [-0.15, -0.1) is 0 Å². The van der Waals surface area contributed by atoms with Gasteiger partial charge in [0.25, 0.3) is 0 Å². The zero-order chi connectivity index (χ0) is 21.0. The number of benzene rings is 2. The van der Waals surface area contributed by atoms with Gasteiger partial charge >= 0.3 is 6.18 Å². The van der Waals surface area contributed by atoms with Crippen molar-refractivity contribution in [1.82, 2.24) is 14.5 Å². The average molecular weight is 426 g/mol. The van der Waals surface area contributed by atoms with E-state index >= 15 is 0 Å². The van der Waals surface area contributed by atoms with Crippen LogP contribution in [-0.2, 0) is 19.3 Å². The minimum atomic E-state index is -4.41. The normalized spacial score (nSPS) is 12.1. The van der Waals surface area contributed by atoms with E-state index < -0.39 is 11.7 Å². The molecule has 4 nitrogen and oxygen atoms in total. The number of likely N-dealkylation sites (N-methyl/N-ethyl adjacent to an activating group) is 1. The van der Waals surface area contributed by atoms with E-state index in [1.165, 1.54) is 6.07 Å². The van der Waals surface area contributed by atoms with E-state index in [1.54, 1.807) is 24.3 Å². The van der Waals surface area contributed by atoms with Crippen molar-refractivity contribution in [2.24, 2.45) is 0 Å². The second-order valence-corrected chi connectivity index (χ2v) is 7.03. The van der Waals surface area contributed by atoms with Gasteiger partial charge in [-0.3, -0.25) is 0 Å². The summed E-state index contributed by atoms with van der Waals surface area (Å²) in [5, 5.41) is 0.470. The van der Waals surface area contributed by atoms with Gasteiger partial charge in [0.05, 0.1) is 21.6 Å². The molecule has 0 unspecified atom stereocenters. The Morgan fingerprint density at radius 1 is 1.10 bits per heavy atom. The molecule has 0 fully saturated rings. The first-order valence-electron chi connectivity index (χ1n) is 9.49. The number of rotatable bonds is 8. The molecule has 0 aliphatic rings. The minimum absolute atomic E-state index is 0.109. The Labute approximate surface area is 172 Å². The van der Waals surface area contributed by atoms with E-state index in [1.807, 2.05) is 4.57 Å². The van der Waals surface area contributed by atoms with Crippen molar-refractivity contribution in [3.63, 3.8) is 0 Å². The van der Waals surface area contributed by atoms with Crippen molar-refractivity contribution in [3.05, 3.63) is 58.9 Å². The van der Waals surface area contributed by atoms with Crippen LogP contribution in [0.5, 0.6) is 5.75 Å². The van der Waals surface area contributed by atoms with Crippen LogP contribution in [0.2, 0.25) is 5.02 Å². The van der Waals surface area contributed by atoms with Gasteiger partial charge < -0.3 is 14.2 Å². The molecule has 1 aromatic heterocycles. The standard InChI is InChI=1S/C21H23ClF3N3O/c1-3-27(4-2)11-12-28-18-10-9-15(21(23,24)25)13-17(18)26-20(28)14-29-19-8-6-5-7-16(19)22/h5-10,13H,3-4,11-12,14H2,1-2H3. The first-order chi connectivity index (χ1) is 13.8. The fourth-order valence-electron chi connectivity index (χ4n) is 3.20. The molecule has 0 saturated heterocycles. The van der Waals surface area contributed by atoms with Crippen molar-refractivity contribution in [3.8, 4) is 5.75 Å². The van der Waals surface area contributed by atoms with Crippen molar-refractivity contribution in [1.29, 1.82) is 0 Å². The summed E-state index contributed by atoms with van der Waals surface area (Å²) in [6.45, 7) is 7.42. The van der Waals surface area contributed by atoms with Crippen LogP contribution in [0.15, 0.2) is 42.5 Å².